The normalized spacial score (nSPS) is 10.2. The van der Waals surface area contributed by atoms with Gasteiger partial charge >= 0.3 is 0 Å². The van der Waals surface area contributed by atoms with Crippen LogP contribution in [0.1, 0.15) is 15.9 Å². The number of thiophene rings is 1. The quantitative estimate of drug-likeness (QED) is 0.746. The van der Waals surface area contributed by atoms with Crippen molar-refractivity contribution >= 4 is 17.1 Å². The molecule has 0 aliphatic carbocycles. The summed E-state index contributed by atoms with van der Waals surface area (Å²) in [4.78, 5) is 15.3. The molecular formula is C11H8FNOS. The SMILES string of the molecule is O=C(Cc1ccsc1)c1ccncc1F. The van der Waals surface area contributed by atoms with E-state index in [0.29, 0.717) is 0 Å². The van der Waals surface area contributed by atoms with Crippen LogP contribution in [0.25, 0.3) is 0 Å². The van der Waals surface area contributed by atoms with Crippen molar-refractivity contribution in [3.8, 4) is 0 Å². The first kappa shape index (κ1) is 9.98. The molecule has 0 aromatic carbocycles. The molecule has 0 spiro atoms. The minimum atomic E-state index is -0.558. The Morgan fingerprint density at radius 2 is 2.33 bits per heavy atom. The molecular weight excluding hydrogens is 213 g/mol. The maximum absolute atomic E-state index is 13.2. The Morgan fingerprint density at radius 3 is 3.00 bits per heavy atom. The van der Waals surface area contributed by atoms with Crippen LogP contribution in [0.3, 0.4) is 0 Å². The largest absolute Gasteiger partial charge is 0.294 e. The van der Waals surface area contributed by atoms with Gasteiger partial charge in [0, 0.05) is 12.6 Å². The molecule has 0 unspecified atom stereocenters. The first-order valence-corrected chi connectivity index (χ1v) is 5.35. The highest BCUT2D eigenvalue weighted by Gasteiger charge is 2.11. The molecule has 0 N–H and O–H groups in total. The van der Waals surface area contributed by atoms with Gasteiger partial charge in [-0.1, -0.05) is 0 Å². The number of aromatic nitrogens is 1. The molecule has 0 aliphatic rings. The maximum atomic E-state index is 13.2. The lowest BCUT2D eigenvalue weighted by molar-refractivity contribution is 0.0989. The molecule has 0 amide bonds. The number of pyridine rings is 1. The van der Waals surface area contributed by atoms with Gasteiger partial charge in [-0.2, -0.15) is 11.3 Å². The van der Waals surface area contributed by atoms with Crippen LogP contribution in [0, 0.1) is 5.82 Å². The minimum Gasteiger partial charge on any atom is -0.294 e. The highest BCUT2D eigenvalue weighted by Crippen LogP contribution is 2.12. The lowest BCUT2D eigenvalue weighted by Gasteiger charge is -1.99. The lowest BCUT2D eigenvalue weighted by atomic mass is 10.1. The van der Waals surface area contributed by atoms with Crippen LogP contribution in [-0.4, -0.2) is 10.8 Å². The van der Waals surface area contributed by atoms with Crippen molar-refractivity contribution in [2.75, 3.05) is 0 Å². The third-order valence-electron chi connectivity index (χ3n) is 2.02. The van der Waals surface area contributed by atoms with E-state index < -0.39 is 5.82 Å². The number of carbonyl (C=O) groups is 1. The fourth-order valence-electron chi connectivity index (χ4n) is 1.28. The van der Waals surface area contributed by atoms with Crippen LogP contribution in [0.4, 0.5) is 4.39 Å². The van der Waals surface area contributed by atoms with Gasteiger partial charge in [-0.25, -0.2) is 4.39 Å². The van der Waals surface area contributed by atoms with Gasteiger partial charge < -0.3 is 0 Å². The van der Waals surface area contributed by atoms with E-state index in [1.807, 2.05) is 16.8 Å². The number of nitrogens with zero attached hydrogens (tertiary/aromatic N) is 1. The topological polar surface area (TPSA) is 30.0 Å². The zero-order valence-corrected chi connectivity index (χ0v) is 8.63. The molecule has 0 aliphatic heterocycles. The standard InChI is InChI=1S/C11H8FNOS/c12-10-6-13-3-1-9(10)11(14)5-8-2-4-15-7-8/h1-4,6-7H,5H2. The van der Waals surface area contributed by atoms with E-state index in [1.165, 1.54) is 23.6 Å². The lowest BCUT2D eigenvalue weighted by Crippen LogP contribution is -2.05. The molecule has 0 fully saturated rings. The van der Waals surface area contributed by atoms with E-state index in [-0.39, 0.29) is 17.8 Å². The second-order valence-electron chi connectivity index (χ2n) is 3.09. The third-order valence-corrected chi connectivity index (χ3v) is 2.75. The highest BCUT2D eigenvalue weighted by atomic mass is 32.1. The molecule has 2 aromatic heterocycles. The van der Waals surface area contributed by atoms with Crippen molar-refractivity contribution in [1.82, 2.24) is 4.98 Å². The van der Waals surface area contributed by atoms with Crippen molar-refractivity contribution in [2.45, 2.75) is 6.42 Å². The smallest absolute Gasteiger partial charge is 0.170 e. The molecule has 15 heavy (non-hydrogen) atoms. The molecule has 76 valence electrons. The van der Waals surface area contributed by atoms with E-state index in [2.05, 4.69) is 4.98 Å². The Labute approximate surface area is 90.4 Å². The second-order valence-corrected chi connectivity index (χ2v) is 3.87. The summed E-state index contributed by atoms with van der Waals surface area (Å²) in [5.41, 5.74) is 1.03. The molecule has 2 heterocycles. The third kappa shape index (κ3) is 2.27. The summed E-state index contributed by atoms with van der Waals surface area (Å²) in [7, 11) is 0. The molecule has 0 saturated carbocycles. The van der Waals surface area contributed by atoms with Gasteiger partial charge in [0.15, 0.2) is 11.6 Å². The fraction of sp³-hybridized carbons (Fsp3) is 0.0909. The van der Waals surface area contributed by atoms with Crippen molar-refractivity contribution in [2.24, 2.45) is 0 Å². The average molecular weight is 221 g/mol. The van der Waals surface area contributed by atoms with Crippen LogP contribution in [-0.2, 0) is 6.42 Å². The first-order chi connectivity index (χ1) is 7.27. The number of hydrogen-bond acceptors (Lipinski definition) is 3. The predicted molar refractivity (Wildman–Crippen MR) is 56.5 cm³/mol. The van der Waals surface area contributed by atoms with Gasteiger partial charge in [0.2, 0.25) is 0 Å². The highest BCUT2D eigenvalue weighted by molar-refractivity contribution is 7.08. The molecule has 0 atom stereocenters. The average Bonchev–Trinajstić information content (AvgIpc) is 2.71. The molecule has 0 radical (unpaired) electrons. The number of hydrogen-bond donors (Lipinski definition) is 0. The second kappa shape index (κ2) is 4.31. The van der Waals surface area contributed by atoms with Crippen molar-refractivity contribution in [1.29, 1.82) is 0 Å². The Hall–Kier alpha value is -1.55. The van der Waals surface area contributed by atoms with Crippen LogP contribution < -0.4 is 0 Å². The Bertz CT molecular complexity index is 467. The maximum Gasteiger partial charge on any atom is 0.170 e. The van der Waals surface area contributed by atoms with Gasteiger partial charge in [0.1, 0.15) is 0 Å². The van der Waals surface area contributed by atoms with Gasteiger partial charge in [0.05, 0.1) is 11.8 Å². The van der Waals surface area contributed by atoms with E-state index in [4.69, 9.17) is 0 Å². The summed E-state index contributed by atoms with van der Waals surface area (Å²) in [6.07, 6.45) is 2.72. The minimum absolute atomic E-state index is 0.108. The number of Topliss-reactive ketones (excluding diaryl/α,β-unsaturated/α-hetero) is 1. The molecule has 0 saturated heterocycles. The number of rotatable bonds is 3. The van der Waals surface area contributed by atoms with Crippen LogP contribution in [0.5, 0.6) is 0 Å². The summed E-state index contributed by atoms with van der Waals surface area (Å²) in [6.45, 7) is 0. The summed E-state index contributed by atoms with van der Waals surface area (Å²) in [5, 5.41) is 3.78. The molecule has 2 nitrogen and oxygen atoms in total. The van der Waals surface area contributed by atoms with Crippen LogP contribution in [0.15, 0.2) is 35.3 Å². The Morgan fingerprint density at radius 1 is 1.47 bits per heavy atom. The van der Waals surface area contributed by atoms with E-state index >= 15 is 0 Å². The number of carbonyl (C=O) groups excluding carboxylic acids is 1. The van der Waals surface area contributed by atoms with E-state index in [1.54, 1.807) is 0 Å². The zero-order valence-electron chi connectivity index (χ0n) is 7.81. The van der Waals surface area contributed by atoms with Gasteiger partial charge in [-0.05, 0) is 28.5 Å². The summed E-state index contributed by atoms with van der Waals surface area (Å²) in [5.74, 6) is -0.772. The van der Waals surface area contributed by atoms with Gasteiger partial charge in [-0.15, -0.1) is 0 Å². The summed E-state index contributed by atoms with van der Waals surface area (Å²) >= 11 is 1.52. The number of ketones is 1. The Balaban J connectivity index is 2.19. The van der Waals surface area contributed by atoms with Crippen LogP contribution in [0.2, 0.25) is 0 Å². The first-order valence-electron chi connectivity index (χ1n) is 4.41. The number of halogens is 1. The molecule has 4 heteroatoms. The van der Waals surface area contributed by atoms with Crippen molar-refractivity contribution < 1.29 is 9.18 Å². The summed E-state index contributed by atoms with van der Waals surface area (Å²) < 4.78 is 13.2. The van der Waals surface area contributed by atoms with E-state index in [9.17, 15) is 9.18 Å². The monoisotopic (exact) mass is 221 g/mol. The van der Waals surface area contributed by atoms with Crippen molar-refractivity contribution in [3.05, 3.63) is 52.2 Å². The zero-order chi connectivity index (χ0) is 10.7. The molecule has 2 aromatic rings. The Kier molecular flexibility index (Phi) is 2.87. The van der Waals surface area contributed by atoms with Gasteiger partial charge in [0.25, 0.3) is 0 Å². The fourth-order valence-corrected chi connectivity index (χ4v) is 1.94. The van der Waals surface area contributed by atoms with Crippen LogP contribution >= 0.6 is 11.3 Å². The van der Waals surface area contributed by atoms with Gasteiger partial charge in [-0.3, -0.25) is 9.78 Å². The molecule has 2 rings (SSSR count). The van der Waals surface area contributed by atoms with Crippen molar-refractivity contribution in [3.63, 3.8) is 0 Å². The summed E-state index contributed by atoms with van der Waals surface area (Å²) in [6, 6.07) is 3.27. The predicted octanol–water partition coefficient (Wildman–Crippen LogP) is 2.71. The van der Waals surface area contributed by atoms with E-state index in [0.717, 1.165) is 11.8 Å². The molecule has 0 bridgehead atoms.